The van der Waals surface area contributed by atoms with E-state index in [1.165, 1.54) is 16.7 Å². The van der Waals surface area contributed by atoms with Gasteiger partial charge in [-0.2, -0.15) is 0 Å². The molecule has 144 valence electrons. The van der Waals surface area contributed by atoms with Crippen LogP contribution in [-0.4, -0.2) is 9.97 Å². The zero-order chi connectivity index (χ0) is 19.8. The number of aromatic nitrogens is 2. The second-order valence-corrected chi connectivity index (χ2v) is 8.07. The van der Waals surface area contributed by atoms with Crippen LogP contribution < -0.4 is 5.73 Å². The number of halogens is 1. The Hall–Kier alpha value is -2.91. The van der Waals surface area contributed by atoms with Crippen LogP contribution in [0.15, 0.2) is 66.3 Å². The van der Waals surface area contributed by atoms with Gasteiger partial charge < -0.3 is 5.73 Å². The second-order valence-electron chi connectivity index (χ2n) is 7.63. The molecule has 0 unspecified atom stereocenters. The smallest absolute Gasteiger partial charge is 0.160 e. The van der Waals surface area contributed by atoms with Gasteiger partial charge >= 0.3 is 0 Å². The number of hydrogen-bond donors (Lipinski definition) is 1. The molecule has 3 aromatic rings. The molecule has 0 bridgehead atoms. The minimum absolute atomic E-state index is 0.708. The summed E-state index contributed by atoms with van der Waals surface area (Å²) in [5.74, 6) is 0.727. The topological polar surface area (TPSA) is 51.8 Å². The van der Waals surface area contributed by atoms with Crippen molar-refractivity contribution in [3.8, 4) is 22.6 Å². The van der Waals surface area contributed by atoms with Crippen molar-refractivity contribution in [1.82, 2.24) is 9.97 Å². The Kier molecular flexibility index (Phi) is 4.69. The van der Waals surface area contributed by atoms with Gasteiger partial charge in [0.1, 0.15) is 0 Å². The van der Waals surface area contributed by atoms with Crippen molar-refractivity contribution >= 4 is 22.9 Å². The third kappa shape index (κ3) is 3.47. The summed E-state index contributed by atoms with van der Waals surface area (Å²) in [7, 11) is 0. The van der Waals surface area contributed by atoms with E-state index in [2.05, 4.69) is 18.2 Å². The average molecular weight is 400 g/mol. The van der Waals surface area contributed by atoms with E-state index in [4.69, 9.17) is 27.3 Å². The van der Waals surface area contributed by atoms with Gasteiger partial charge in [-0.3, -0.25) is 0 Å². The predicted molar refractivity (Wildman–Crippen MR) is 121 cm³/mol. The van der Waals surface area contributed by atoms with Gasteiger partial charge in [-0.05, 0) is 79.6 Å². The monoisotopic (exact) mass is 399 g/mol. The molecule has 1 aromatic heterocycles. The molecule has 5 rings (SSSR count). The van der Waals surface area contributed by atoms with Crippen LogP contribution in [0, 0.1) is 0 Å². The minimum atomic E-state index is 0.708. The third-order valence-corrected chi connectivity index (χ3v) is 5.90. The normalized spacial score (nSPS) is 15.6. The van der Waals surface area contributed by atoms with Gasteiger partial charge in [0.25, 0.3) is 0 Å². The van der Waals surface area contributed by atoms with E-state index in [0.29, 0.717) is 5.02 Å². The lowest BCUT2D eigenvalue weighted by Gasteiger charge is -2.18. The van der Waals surface area contributed by atoms with Crippen LogP contribution in [0.5, 0.6) is 0 Å². The van der Waals surface area contributed by atoms with Gasteiger partial charge in [-0.15, -0.1) is 0 Å². The van der Waals surface area contributed by atoms with Crippen molar-refractivity contribution < 1.29 is 0 Å². The minimum Gasteiger partial charge on any atom is -0.399 e. The molecular formula is C25H22ClN3. The average Bonchev–Trinajstić information content (AvgIpc) is 2.93. The molecular weight excluding hydrogens is 378 g/mol. The van der Waals surface area contributed by atoms with E-state index >= 15 is 0 Å². The van der Waals surface area contributed by atoms with Crippen LogP contribution in [0.4, 0.5) is 5.69 Å². The highest BCUT2D eigenvalue weighted by Crippen LogP contribution is 2.40. The maximum Gasteiger partial charge on any atom is 0.160 e. The highest BCUT2D eigenvalue weighted by molar-refractivity contribution is 6.30. The van der Waals surface area contributed by atoms with Crippen molar-refractivity contribution in [1.29, 1.82) is 0 Å². The van der Waals surface area contributed by atoms with Crippen molar-refractivity contribution in [2.75, 3.05) is 5.73 Å². The Morgan fingerprint density at radius 2 is 1.62 bits per heavy atom. The first kappa shape index (κ1) is 18.1. The molecule has 4 heteroatoms. The fraction of sp³-hybridized carbons (Fsp3) is 0.200. The van der Waals surface area contributed by atoms with Crippen LogP contribution in [-0.2, 0) is 6.42 Å². The summed E-state index contributed by atoms with van der Waals surface area (Å²) < 4.78 is 0. The first-order chi connectivity index (χ1) is 14.2. The molecule has 0 atom stereocenters. The molecule has 2 aliphatic carbocycles. The third-order valence-electron chi connectivity index (χ3n) is 5.65. The van der Waals surface area contributed by atoms with Crippen LogP contribution in [0.3, 0.4) is 0 Å². The number of allylic oxidation sites excluding steroid dienone is 4. The maximum absolute atomic E-state index is 6.10. The summed E-state index contributed by atoms with van der Waals surface area (Å²) in [5, 5.41) is 0.708. The Bertz CT molecular complexity index is 1140. The highest BCUT2D eigenvalue weighted by atomic mass is 35.5. The molecule has 0 fully saturated rings. The van der Waals surface area contributed by atoms with Gasteiger partial charge in [0.15, 0.2) is 5.82 Å². The van der Waals surface area contributed by atoms with E-state index < -0.39 is 0 Å². The van der Waals surface area contributed by atoms with Crippen molar-refractivity contribution in [2.24, 2.45) is 0 Å². The number of nitrogen functional groups attached to an aromatic ring is 1. The first-order valence-electron chi connectivity index (χ1n) is 10.1. The van der Waals surface area contributed by atoms with Crippen molar-refractivity contribution in [2.45, 2.75) is 32.1 Å². The lowest BCUT2D eigenvalue weighted by molar-refractivity contribution is 0.827. The molecule has 0 aliphatic heterocycles. The van der Waals surface area contributed by atoms with E-state index in [9.17, 15) is 0 Å². The zero-order valence-electron chi connectivity index (χ0n) is 16.2. The Morgan fingerprint density at radius 1 is 0.828 bits per heavy atom. The fourth-order valence-corrected chi connectivity index (χ4v) is 4.39. The number of anilines is 1. The molecule has 1 heterocycles. The van der Waals surface area contributed by atoms with Crippen LogP contribution >= 0.6 is 11.6 Å². The zero-order valence-corrected chi connectivity index (χ0v) is 16.9. The number of nitrogens with zero attached hydrogens (tertiary/aromatic N) is 2. The SMILES string of the molecule is Nc1cccc(-c2nc(-c3ccc(Cl)cc3)nc3c2CCCC2=CCCC=C23)c1. The first-order valence-corrected chi connectivity index (χ1v) is 10.5. The van der Waals surface area contributed by atoms with Crippen LogP contribution in [0.25, 0.3) is 28.2 Å². The van der Waals surface area contributed by atoms with Gasteiger partial charge in [-0.25, -0.2) is 9.97 Å². The number of hydrogen-bond acceptors (Lipinski definition) is 3. The number of fused-ring (bicyclic) bond motifs is 3. The molecule has 3 nitrogen and oxygen atoms in total. The fourth-order valence-electron chi connectivity index (χ4n) is 4.26. The molecule has 0 spiro atoms. The lowest BCUT2D eigenvalue weighted by atomic mass is 9.92. The summed E-state index contributed by atoms with van der Waals surface area (Å²) in [6.45, 7) is 0. The molecule has 2 aliphatic rings. The van der Waals surface area contributed by atoms with Gasteiger partial charge in [0.2, 0.25) is 0 Å². The maximum atomic E-state index is 6.10. The summed E-state index contributed by atoms with van der Waals surface area (Å²) >= 11 is 6.10. The van der Waals surface area contributed by atoms with Crippen LogP contribution in [0.1, 0.15) is 36.9 Å². The number of nitrogens with two attached hydrogens (primary N) is 1. The molecule has 2 aromatic carbocycles. The second kappa shape index (κ2) is 7.49. The molecule has 0 saturated heterocycles. The lowest BCUT2D eigenvalue weighted by Crippen LogP contribution is -2.05. The molecule has 2 N–H and O–H groups in total. The van der Waals surface area contributed by atoms with Gasteiger partial charge in [0.05, 0.1) is 11.4 Å². The molecule has 0 amide bonds. The summed E-state index contributed by atoms with van der Waals surface area (Å²) in [6, 6.07) is 15.7. The van der Waals surface area contributed by atoms with Crippen molar-refractivity contribution in [3.63, 3.8) is 0 Å². The number of rotatable bonds is 2. The van der Waals surface area contributed by atoms with Crippen LogP contribution in [0.2, 0.25) is 5.02 Å². The Labute approximate surface area is 176 Å². The van der Waals surface area contributed by atoms with E-state index in [-0.39, 0.29) is 0 Å². The van der Waals surface area contributed by atoms with Gasteiger partial charge in [0, 0.05) is 27.4 Å². The largest absolute Gasteiger partial charge is 0.399 e. The molecule has 0 radical (unpaired) electrons. The Balaban J connectivity index is 1.78. The van der Waals surface area contributed by atoms with Crippen molar-refractivity contribution in [3.05, 3.63) is 82.5 Å². The van der Waals surface area contributed by atoms with E-state index in [1.807, 2.05) is 42.5 Å². The molecule has 29 heavy (non-hydrogen) atoms. The standard InChI is InChI=1S/C25H22ClN3/c26-19-13-11-17(12-14-19)25-28-23(18-7-3-8-20(27)15-18)22-10-4-6-16-5-1-2-9-21(16)24(22)29-25/h3,5,7-9,11-15H,1-2,4,6,10,27H2. The number of benzene rings is 2. The van der Waals surface area contributed by atoms with E-state index in [1.54, 1.807) is 0 Å². The van der Waals surface area contributed by atoms with Gasteiger partial charge in [-0.1, -0.05) is 35.9 Å². The quantitative estimate of drug-likeness (QED) is 0.501. The summed E-state index contributed by atoms with van der Waals surface area (Å²) in [4.78, 5) is 10.1. The summed E-state index contributed by atoms with van der Waals surface area (Å²) in [5.41, 5.74) is 14.8. The highest BCUT2D eigenvalue weighted by Gasteiger charge is 2.24. The Morgan fingerprint density at radius 3 is 2.45 bits per heavy atom. The summed E-state index contributed by atoms with van der Waals surface area (Å²) in [6.07, 6.45) is 10.1. The van der Waals surface area contributed by atoms with E-state index in [0.717, 1.165) is 66.1 Å². The predicted octanol–water partition coefficient (Wildman–Crippen LogP) is 6.49. The molecule has 0 saturated carbocycles.